The zero-order valence-corrected chi connectivity index (χ0v) is 10.4. The van der Waals surface area contributed by atoms with E-state index in [0.29, 0.717) is 11.7 Å². The molecule has 3 heterocycles. The number of aryl methyl sites for hydroxylation is 1. The summed E-state index contributed by atoms with van der Waals surface area (Å²) in [6.45, 7) is 1.99. The maximum absolute atomic E-state index is 11.6. The van der Waals surface area contributed by atoms with E-state index >= 15 is 0 Å². The van der Waals surface area contributed by atoms with E-state index in [-0.39, 0.29) is 5.70 Å². The molecule has 0 radical (unpaired) electrons. The number of ether oxygens (including phenoxy) is 1. The van der Waals surface area contributed by atoms with Gasteiger partial charge < -0.3 is 9.15 Å². The molecule has 0 amide bonds. The van der Waals surface area contributed by atoms with Crippen molar-refractivity contribution in [1.82, 2.24) is 0 Å². The van der Waals surface area contributed by atoms with E-state index in [1.165, 1.54) is 11.3 Å². The molecule has 0 fully saturated rings. The van der Waals surface area contributed by atoms with E-state index in [1.807, 2.05) is 19.1 Å². The van der Waals surface area contributed by atoms with Crippen molar-refractivity contribution in [3.8, 4) is 0 Å². The Morgan fingerprint density at radius 3 is 2.89 bits per heavy atom. The fourth-order valence-corrected chi connectivity index (χ4v) is 2.37. The average molecular weight is 259 g/mol. The number of aliphatic imine (C=N–C) groups is 1. The van der Waals surface area contributed by atoms with Gasteiger partial charge in [-0.05, 0) is 31.2 Å². The number of carbonyl (C=O) groups excluding carboxylic acids is 1. The number of hydrogen-bond donors (Lipinski definition) is 0. The van der Waals surface area contributed by atoms with Crippen LogP contribution < -0.4 is 0 Å². The largest absolute Gasteiger partial charge is 0.465 e. The molecule has 18 heavy (non-hydrogen) atoms. The second-order valence-corrected chi connectivity index (χ2v) is 5.05. The molecular formula is C13H9NO3S. The van der Waals surface area contributed by atoms with Gasteiger partial charge in [0.25, 0.3) is 0 Å². The number of carbonyl (C=O) groups is 1. The zero-order chi connectivity index (χ0) is 12.5. The highest BCUT2D eigenvalue weighted by Crippen LogP contribution is 2.23. The molecule has 0 unspecified atom stereocenters. The molecule has 4 nitrogen and oxygen atoms in total. The average Bonchev–Trinajstić information content (AvgIpc) is 3.03. The lowest BCUT2D eigenvalue weighted by atomic mass is 10.3. The number of rotatable bonds is 2. The Morgan fingerprint density at radius 2 is 2.22 bits per heavy atom. The Bertz CT molecular complexity index is 650. The first-order chi connectivity index (χ1) is 8.72. The Kier molecular flexibility index (Phi) is 2.60. The summed E-state index contributed by atoms with van der Waals surface area (Å²) in [6.07, 6.45) is 3.11. The quantitative estimate of drug-likeness (QED) is 0.615. The predicted octanol–water partition coefficient (Wildman–Crippen LogP) is 2.99. The van der Waals surface area contributed by atoms with Gasteiger partial charge in [0.2, 0.25) is 5.90 Å². The molecule has 1 aliphatic heterocycles. The summed E-state index contributed by atoms with van der Waals surface area (Å²) in [5.74, 6) is 0.484. The molecule has 1 aliphatic rings. The van der Waals surface area contributed by atoms with Crippen LogP contribution in [0.15, 0.2) is 45.6 Å². The van der Waals surface area contributed by atoms with Crippen LogP contribution in [0.25, 0.3) is 6.08 Å². The smallest absolute Gasteiger partial charge is 0.363 e. The topological polar surface area (TPSA) is 51.8 Å². The third kappa shape index (κ3) is 2.00. The number of thiophene rings is 1. The minimum absolute atomic E-state index is 0.256. The molecule has 0 bridgehead atoms. The molecule has 90 valence electrons. The van der Waals surface area contributed by atoms with E-state index in [4.69, 9.17) is 9.15 Å². The van der Waals surface area contributed by atoms with Crippen LogP contribution in [0.5, 0.6) is 0 Å². The molecule has 0 N–H and O–H groups in total. The molecule has 0 saturated heterocycles. The first-order valence-electron chi connectivity index (χ1n) is 5.35. The molecule has 0 spiro atoms. The molecule has 0 aromatic carbocycles. The van der Waals surface area contributed by atoms with E-state index < -0.39 is 5.97 Å². The predicted molar refractivity (Wildman–Crippen MR) is 68.4 cm³/mol. The highest BCUT2D eigenvalue weighted by atomic mass is 32.1. The summed E-state index contributed by atoms with van der Waals surface area (Å²) in [5.41, 5.74) is 0.256. The van der Waals surface area contributed by atoms with Crippen LogP contribution in [-0.4, -0.2) is 11.9 Å². The normalized spacial score (nSPS) is 17.1. The summed E-state index contributed by atoms with van der Waals surface area (Å²) in [4.78, 5) is 17.8. The van der Waals surface area contributed by atoms with Gasteiger partial charge in [-0.25, -0.2) is 9.79 Å². The van der Waals surface area contributed by atoms with Gasteiger partial charge in [-0.15, -0.1) is 11.3 Å². The highest BCUT2D eigenvalue weighted by Gasteiger charge is 2.25. The van der Waals surface area contributed by atoms with Gasteiger partial charge >= 0.3 is 5.97 Å². The highest BCUT2D eigenvalue weighted by molar-refractivity contribution is 7.14. The second kappa shape index (κ2) is 4.27. The first kappa shape index (κ1) is 11.0. The number of hydrogen-bond acceptors (Lipinski definition) is 5. The van der Waals surface area contributed by atoms with Crippen LogP contribution in [0, 0.1) is 6.92 Å². The Balaban J connectivity index is 1.94. The molecule has 0 saturated carbocycles. The van der Waals surface area contributed by atoms with Crippen LogP contribution in [-0.2, 0) is 9.53 Å². The van der Waals surface area contributed by atoms with Crippen LogP contribution >= 0.6 is 11.3 Å². The molecular weight excluding hydrogens is 250 g/mol. The molecule has 3 rings (SSSR count). The van der Waals surface area contributed by atoms with Crippen molar-refractivity contribution in [2.75, 3.05) is 0 Å². The molecule has 0 aliphatic carbocycles. The zero-order valence-electron chi connectivity index (χ0n) is 9.54. The number of nitrogens with zero attached hydrogens (tertiary/aromatic N) is 1. The SMILES string of the molecule is Cc1ccc(C2=NC(=Cc3ccco3)C(=O)O2)s1. The molecule has 2 aromatic heterocycles. The minimum atomic E-state index is -0.451. The van der Waals surface area contributed by atoms with E-state index in [2.05, 4.69) is 4.99 Å². The van der Waals surface area contributed by atoms with Crippen LogP contribution in [0.1, 0.15) is 15.5 Å². The van der Waals surface area contributed by atoms with Crippen LogP contribution in [0.2, 0.25) is 0 Å². The summed E-state index contributed by atoms with van der Waals surface area (Å²) < 4.78 is 10.3. The van der Waals surface area contributed by atoms with Crippen molar-refractivity contribution >= 4 is 29.3 Å². The van der Waals surface area contributed by atoms with Crippen molar-refractivity contribution in [2.24, 2.45) is 4.99 Å². The van der Waals surface area contributed by atoms with E-state index in [9.17, 15) is 4.79 Å². The fourth-order valence-electron chi connectivity index (χ4n) is 1.57. The van der Waals surface area contributed by atoms with Gasteiger partial charge in [0.1, 0.15) is 5.76 Å². The lowest BCUT2D eigenvalue weighted by Gasteiger charge is -1.92. The van der Waals surface area contributed by atoms with Crippen LogP contribution in [0.4, 0.5) is 0 Å². The lowest BCUT2D eigenvalue weighted by molar-refractivity contribution is -0.129. The Morgan fingerprint density at radius 1 is 1.33 bits per heavy atom. The number of furan rings is 1. The third-order valence-electron chi connectivity index (χ3n) is 2.39. The summed E-state index contributed by atoms with van der Waals surface area (Å²) in [6, 6.07) is 7.36. The number of esters is 1. The van der Waals surface area contributed by atoms with Crippen molar-refractivity contribution in [2.45, 2.75) is 6.92 Å². The van der Waals surface area contributed by atoms with Gasteiger partial charge in [0, 0.05) is 11.0 Å². The molecule has 0 atom stereocenters. The maximum atomic E-state index is 11.6. The van der Waals surface area contributed by atoms with E-state index in [1.54, 1.807) is 24.5 Å². The second-order valence-electron chi connectivity index (χ2n) is 3.76. The van der Waals surface area contributed by atoms with Gasteiger partial charge in [-0.1, -0.05) is 0 Å². The van der Waals surface area contributed by atoms with Crippen molar-refractivity contribution < 1.29 is 13.9 Å². The standard InChI is InChI=1S/C13H9NO3S/c1-8-4-5-11(18-8)12-14-10(13(15)17-12)7-9-3-2-6-16-9/h2-7H,1H3. The Labute approximate surface area is 107 Å². The number of cyclic esters (lactones) is 1. The van der Waals surface area contributed by atoms with Crippen molar-refractivity contribution in [1.29, 1.82) is 0 Å². The monoisotopic (exact) mass is 259 g/mol. The van der Waals surface area contributed by atoms with Crippen molar-refractivity contribution in [3.05, 3.63) is 51.7 Å². The van der Waals surface area contributed by atoms with Crippen molar-refractivity contribution in [3.63, 3.8) is 0 Å². The Hall–Kier alpha value is -2.14. The summed E-state index contributed by atoms with van der Waals surface area (Å²) >= 11 is 1.54. The van der Waals surface area contributed by atoms with Crippen LogP contribution in [0.3, 0.4) is 0 Å². The molecule has 5 heteroatoms. The van der Waals surface area contributed by atoms with Gasteiger partial charge in [0.05, 0.1) is 11.1 Å². The molecule has 2 aromatic rings. The fraction of sp³-hybridized carbons (Fsp3) is 0.0769. The lowest BCUT2D eigenvalue weighted by Crippen LogP contribution is -2.03. The first-order valence-corrected chi connectivity index (χ1v) is 6.17. The summed E-state index contributed by atoms with van der Waals surface area (Å²) in [5, 5.41) is 0. The third-order valence-corrected chi connectivity index (χ3v) is 3.38. The van der Waals surface area contributed by atoms with Gasteiger partial charge in [0.15, 0.2) is 5.70 Å². The maximum Gasteiger partial charge on any atom is 0.363 e. The van der Waals surface area contributed by atoms with Gasteiger partial charge in [-0.3, -0.25) is 0 Å². The minimum Gasteiger partial charge on any atom is -0.465 e. The van der Waals surface area contributed by atoms with E-state index in [0.717, 1.165) is 9.75 Å². The summed E-state index contributed by atoms with van der Waals surface area (Å²) in [7, 11) is 0. The van der Waals surface area contributed by atoms with Gasteiger partial charge in [-0.2, -0.15) is 0 Å².